The van der Waals surface area contributed by atoms with Gasteiger partial charge in [-0.15, -0.1) is 24.8 Å². The van der Waals surface area contributed by atoms with Crippen LogP contribution in [0.15, 0.2) is 36.4 Å². The van der Waals surface area contributed by atoms with Gasteiger partial charge in [0.1, 0.15) is 5.82 Å². The van der Waals surface area contributed by atoms with E-state index in [0.717, 1.165) is 54.8 Å². The number of hydrogen-bond acceptors (Lipinski definition) is 6. The Morgan fingerprint density at radius 1 is 1.00 bits per heavy atom. The molecule has 1 atom stereocenters. The van der Waals surface area contributed by atoms with Gasteiger partial charge in [-0.2, -0.15) is 0 Å². The molecule has 0 aliphatic rings. The molecule has 0 saturated heterocycles. The Morgan fingerprint density at radius 2 is 1.72 bits per heavy atom. The largest absolute Gasteiger partial charge is 0.493 e. The van der Waals surface area contributed by atoms with Gasteiger partial charge in [-0.3, -0.25) is 0 Å². The summed E-state index contributed by atoms with van der Waals surface area (Å²) >= 11 is 6.55. The first-order chi connectivity index (χ1) is 16.5. The Labute approximate surface area is 232 Å². The number of nitrogens with zero attached hydrogens (tertiary/aromatic N) is 3. The van der Waals surface area contributed by atoms with E-state index in [1.54, 1.807) is 14.2 Å². The van der Waals surface area contributed by atoms with E-state index in [9.17, 15) is 0 Å². The summed E-state index contributed by atoms with van der Waals surface area (Å²) in [5.41, 5.74) is 1.78. The third-order valence-corrected chi connectivity index (χ3v) is 6.23. The molecule has 6 nitrogen and oxygen atoms in total. The van der Waals surface area contributed by atoms with E-state index in [1.165, 1.54) is 0 Å². The molecule has 1 aromatic heterocycles. The molecular formula is C27H37Cl3N4O2. The Kier molecular flexibility index (Phi) is 13.9. The molecule has 0 spiro atoms. The lowest BCUT2D eigenvalue weighted by Gasteiger charge is -2.20. The van der Waals surface area contributed by atoms with E-state index in [1.807, 2.05) is 48.6 Å². The molecule has 2 aromatic carbocycles. The summed E-state index contributed by atoms with van der Waals surface area (Å²) in [4.78, 5) is 12.0. The minimum atomic E-state index is 0. The van der Waals surface area contributed by atoms with E-state index < -0.39 is 0 Å². The fourth-order valence-corrected chi connectivity index (χ4v) is 4.19. The number of ether oxygens (including phenoxy) is 2. The quantitative estimate of drug-likeness (QED) is 0.254. The molecule has 3 aromatic rings. The number of anilines is 1. The molecule has 1 heterocycles. The van der Waals surface area contributed by atoms with Gasteiger partial charge in [0.05, 0.1) is 30.1 Å². The molecule has 0 saturated carbocycles. The van der Waals surface area contributed by atoms with Crippen LogP contribution in [0, 0.1) is 0 Å². The van der Waals surface area contributed by atoms with Crippen LogP contribution in [0.4, 0.5) is 5.82 Å². The lowest BCUT2D eigenvalue weighted by molar-refractivity contribution is 0.295. The molecule has 36 heavy (non-hydrogen) atoms. The predicted octanol–water partition coefficient (Wildman–Crippen LogP) is 7.24. The van der Waals surface area contributed by atoms with Crippen molar-refractivity contribution in [2.24, 2.45) is 0 Å². The predicted molar refractivity (Wildman–Crippen MR) is 158 cm³/mol. The summed E-state index contributed by atoms with van der Waals surface area (Å²) in [6.07, 6.45) is 6.03. The number of aromatic nitrogens is 2. The zero-order chi connectivity index (χ0) is 24.5. The fraction of sp³-hybridized carbons (Fsp3) is 0.407. The van der Waals surface area contributed by atoms with Crippen LogP contribution in [0.5, 0.6) is 11.5 Å². The first-order valence-corrected chi connectivity index (χ1v) is 12.2. The highest BCUT2D eigenvalue weighted by Gasteiger charge is 2.13. The van der Waals surface area contributed by atoms with Crippen LogP contribution in [-0.2, 0) is 0 Å². The van der Waals surface area contributed by atoms with Gasteiger partial charge in [0.25, 0.3) is 0 Å². The topological polar surface area (TPSA) is 59.5 Å². The third-order valence-electron chi connectivity index (χ3n) is 5.91. The van der Waals surface area contributed by atoms with Gasteiger partial charge >= 0.3 is 0 Å². The average Bonchev–Trinajstić information content (AvgIpc) is 2.85. The van der Waals surface area contributed by atoms with Crippen molar-refractivity contribution in [2.45, 2.75) is 39.7 Å². The normalized spacial score (nSPS) is 11.8. The molecule has 0 radical (unpaired) electrons. The van der Waals surface area contributed by atoms with Gasteiger partial charge in [-0.05, 0) is 75.3 Å². The number of halogens is 3. The molecule has 9 heteroatoms. The van der Waals surface area contributed by atoms with E-state index in [0.29, 0.717) is 22.3 Å². The van der Waals surface area contributed by atoms with Crippen molar-refractivity contribution in [3.63, 3.8) is 0 Å². The number of nitrogens with one attached hydrogen (secondary N) is 1. The maximum absolute atomic E-state index is 6.55. The average molecular weight is 556 g/mol. The molecule has 0 fully saturated rings. The third kappa shape index (κ3) is 8.41. The first kappa shape index (κ1) is 31.8. The Bertz CT molecular complexity index is 1120. The molecule has 0 amide bonds. The van der Waals surface area contributed by atoms with Crippen LogP contribution in [0.3, 0.4) is 0 Å². The van der Waals surface area contributed by atoms with Gasteiger partial charge in [-0.25, -0.2) is 9.97 Å². The molecule has 1 N–H and O–H groups in total. The van der Waals surface area contributed by atoms with E-state index >= 15 is 0 Å². The van der Waals surface area contributed by atoms with Crippen LogP contribution in [0.2, 0.25) is 5.02 Å². The second-order valence-electron chi connectivity index (χ2n) is 8.23. The lowest BCUT2D eigenvalue weighted by Crippen LogP contribution is -2.25. The van der Waals surface area contributed by atoms with Crippen molar-refractivity contribution in [3.8, 4) is 11.5 Å². The highest BCUT2D eigenvalue weighted by molar-refractivity contribution is 6.36. The van der Waals surface area contributed by atoms with Crippen molar-refractivity contribution < 1.29 is 9.47 Å². The maximum Gasteiger partial charge on any atom is 0.161 e. The summed E-state index contributed by atoms with van der Waals surface area (Å²) in [5.74, 6) is 2.75. The number of fused-ring (bicyclic) bond motifs is 1. The summed E-state index contributed by atoms with van der Waals surface area (Å²) in [7, 11) is 3.25. The second-order valence-corrected chi connectivity index (χ2v) is 8.63. The monoisotopic (exact) mass is 554 g/mol. The standard InChI is InChI=1S/C27H35ClN4O2.2ClH/c1-6-32(7-2)17-9-10-19(3)29-27-26-21(28)11-8-12-22(26)30-25(31-27)16-14-20-13-15-23(33-4)24(18-20)34-5;;/h8,11-16,18-19H,6-7,9-10,17H2,1-5H3,(H,29,30,31);2*1H/b16-14+;;. The Morgan fingerprint density at radius 3 is 2.39 bits per heavy atom. The molecule has 0 aliphatic heterocycles. The van der Waals surface area contributed by atoms with Crippen molar-refractivity contribution >= 4 is 65.3 Å². The first-order valence-electron chi connectivity index (χ1n) is 11.8. The minimum Gasteiger partial charge on any atom is -0.493 e. The minimum absolute atomic E-state index is 0. The summed E-state index contributed by atoms with van der Waals surface area (Å²) in [5, 5.41) is 5.08. The highest BCUT2D eigenvalue weighted by atomic mass is 35.5. The van der Waals surface area contributed by atoms with Crippen LogP contribution in [0.25, 0.3) is 23.1 Å². The van der Waals surface area contributed by atoms with Crippen molar-refractivity contribution in [1.29, 1.82) is 0 Å². The van der Waals surface area contributed by atoms with Gasteiger partial charge in [0, 0.05) is 6.04 Å². The van der Waals surface area contributed by atoms with Gasteiger partial charge in [0.2, 0.25) is 0 Å². The SMILES string of the molecule is CCN(CC)CCCC(C)Nc1nc(/C=C/c2ccc(OC)c(OC)c2)nc2cccc(Cl)c12.Cl.Cl. The van der Waals surface area contributed by atoms with Crippen molar-refractivity contribution in [1.82, 2.24) is 14.9 Å². The number of methoxy groups -OCH3 is 2. The molecule has 0 aliphatic carbocycles. The van der Waals surface area contributed by atoms with Crippen LogP contribution in [0.1, 0.15) is 45.0 Å². The van der Waals surface area contributed by atoms with E-state index in [-0.39, 0.29) is 30.9 Å². The fourth-order valence-electron chi connectivity index (χ4n) is 3.93. The van der Waals surface area contributed by atoms with Crippen LogP contribution < -0.4 is 14.8 Å². The Hall–Kier alpha value is -2.25. The van der Waals surface area contributed by atoms with Crippen LogP contribution >= 0.6 is 36.4 Å². The molecule has 198 valence electrons. The maximum atomic E-state index is 6.55. The number of benzene rings is 2. The number of rotatable bonds is 12. The summed E-state index contributed by atoms with van der Waals surface area (Å²) in [6, 6.07) is 11.8. The van der Waals surface area contributed by atoms with Gasteiger partial charge in [-0.1, -0.05) is 43.7 Å². The van der Waals surface area contributed by atoms with Gasteiger partial charge < -0.3 is 19.7 Å². The molecule has 0 bridgehead atoms. The lowest BCUT2D eigenvalue weighted by atomic mass is 10.1. The summed E-state index contributed by atoms with van der Waals surface area (Å²) < 4.78 is 10.7. The molecule has 3 rings (SSSR count). The van der Waals surface area contributed by atoms with Crippen LogP contribution in [-0.4, -0.2) is 54.8 Å². The van der Waals surface area contributed by atoms with E-state index in [2.05, 4.69) is 31.0 Å². The Balaban J connectivity index is 0.00000324. The second kappa shape index (κ2) is 15.8. The molecule has 1 unspecified atom stereocenters. The van der Waals surface area contributed by atoms with E-state index in [4.69, 9.17) is 31.0 Å². The number of hydrogen-bond donors (Lipinski definition) is 1. The molecular weight excluding hydrogens is 519 g/mol. The van der Waals surface area contributed by atoms with Crippen molar-refractivity contribution in [2.75, 3.05) is 39.2 Å². The highest BCUT2D eigenvalue weighted by Crippen LogP contribution is 2.30. The zero-order valence-electron chi connectivity index (χ0n) is 21.6. The zero-order valence-corrected chi connectivity index (χ0v) is 24.0. The smallest absolute Gasteiger partial charge is 0.161 e. The van der Waals surface area contributed by atoms with Gasteiger partial charge in [0.15, 0.2) is 17.3 Å². The van der Waals surface area contributed by atoms with Crippen molar-refractivity contribution in [3.05, 3.63) is 52.8 Å². The summed E-state index contributed by atoms with van der Waals surface area (Å²) in [6.45, 7) is 9.87.